The number of aliphatic hydroxyl groups is 1. The lowest BCUT2D eigenvalue weighted by atomic mass is 10.0. The molecule has 0 heterocycles. The number of allylic oxidation sites excluding steroid dienone is 21. The average molecular weight is 1200 g/mol. The zero-order valence-electron chi connectivity index (χ0n) is 55.8. The highest BCUT2D eigenvalue weighted by molar-refractivity contribution is 7.47. The number of phosphoric ester groups is 1. The molecular weight excluding hydrogens is 1070 g/mol. The van der Waals surface area contributed by atoms with Crippen molar-refractivity contribution in [2.45, 2.75) is 302 Å². The standard InChI is InChI=1S/C76H133N2O6P/c1-6-8-10-12-14-16-18-20-22-24-26-28-30-32-34-36-38-39-40-42-44-46-48-50-52-54-56-58-60-62-64-66-68-70-76(80)77-74(73-84-85(81,82)83-72-71-78(3,4)5)75(79)69-67-65-63-61-59-57-55-53-51-49-47-45-43-41-37-35-33-31-29-27-25-23-21-19-17-15-13-11-9-7-2/h8,10,14,16,20,22,26,28,32,34,38-39,42,44,48,50-51,53,59,61,67,69,74-75,79H,6-7,9,11-13,15,17-19,21,23-25,27,29-31,33,35-37,40-41,43,45-47,49,52,54-58,60,62-66,68,70-73H2,1-5H3,(H-,77,80,81,82)/p+1/b10-8-,16-14-,22-20-,28-26-,34-32-,39-38-,44-42-,50-48-,53-51+,61-59+,69-67+. The molecule has 0 aromatic carbocycles. The number of amides is 1. The number of likely N-dealkylation sites (N-methyl/N-ethyl adjacent to an activating group) is 1. The van der Waals surface area contributed by atoms with Gasteiger partial charge in [-0.05, 0) is 109 Å². The van der Waals surface area contributed by atoms with Crippen LogP contribution in [0.5, 0.6) is 0 Å². The van der Waals surface area contributed by atoms with Crippen molar-refractivity contribution in [3.8, 4) is 0 Å². The molecule has 0 fully saturated rings. The summed E-state index contributed by atoms with van der Waals surface area (Å²) < 4.78 is 23.8. The molecule has 3 unspecified atom stereocenters. The molecule has 3 N–H and O–H groups in total. The highest BCUT2D eigenvalue weighted by Crippen LogP contribution is 2.43. The van der Waals surface area contributed by atoms with E-state index >= 15 is 0 Å². The quantitative estimate of drug-likeness (QED) is 0.0243. The molecule has 0 aliphatic carbocycles. The Balaban J connectivity index is 4.22. The van der Waals surface area contributed by atoms with Crippen molar-refractivity contribution in [2.75, 3.05) is 40.9 Å². The van der Waals surface area contributed by atoms with Crippen LogP contribution in [0.3, 0.4) is 0 Å². The summed E-state index contributed by atoms with van der Waals surface area (Å²) in [5.41, 5.74) is 0. The summed E-state index contributed by atoms with van der Waals surface area (Å²) in [4.78, 5) is 23.4. The molecule has 8 nitrogen and oxygen atoms in total. The third kappa shape index (κ3) is 68.0. The molecule has 0 rings (SSSR count). The number of unbranched alkanes of at least 4 members (excludes halogenated alkanes) is 30. The first-order valence-corrected chi connectivity index (χ1v) is 36.6. The van der Waals surface area contributed by atoms with Gasteiger partial charge in [-0.15, -0.1) is 0 Å². The van der Waals surface area contributed by atoms with Gasteiger partial charge in [0.05, 0.1) is 39.9 Å². The number of nitrogens with zero attached hydrogens (tertiary/aromatic N) is 1. The Kier molecular flexibility index (Phi) is 62.5. The molecule has 85 heavy (non-hydrogen) atoms. The smallest absolute Gasteiger partial charge is 0.387 e. The van der Waals surface area contributed by atoms with Crippen molar-refractivity contribution in [1.29, 1.82) is 0 Å². The third-order valence-electron chi connectivity index (χ3n) is 15.1. The number of carbonyl (C=O) groups excluding carboxylic acids is 1. The number of phosphoric acid groups is 1. The highest BCUT2D eigenvalue weighted by atomic mass is 31.2. The van der Waals surface area contributed by atoms with Crippen LogP contribution in [0.1, 0.15) is 290 Å². The van der Waals surface area contributed by atoms with E-state index in [1.165, 1.54) is 161 Å². The number of hydrogen-bond acceptors (Lipinski definition) is 5. The van der Waals surface area contributed by atoms with E-state index in [0.29, 0.717) is 17.4 Å². The number of quaternary nitrogens is 1. The maximum Gasteiger partial charge on any atom is 0.472 e. The molecule has 1 amide bonds. The summed E-state index contributed by atoms with van der Waals surface area (Å²) in [6.07, 6.45) is 98.9. The molecule has 0 aliphatic heterocycles. The van der Waals surface area contributed by atoms with Crippen molar-refractivity contribution < 1.29 is 32.9 Å². The van der Waals surface area contributed by atoms with Crippen LogP contribution in [0.4, 0.5) is 0 Å². The lowest BCUT2D eigenvalue weighted by Crippen LogP contribution is -2.45. The van der Waals surface area contributed by atoms with E-state index in [1.54, 1.807) is 6.08 Å². The van der Waals surface area contributed by atoms with E-state index in [1.807, 2.05) is 27.2 Å². The number of carbonyl (C=O) groups is 1. The topological polar surface area (TPSA) is 105 Å². The second kappa shape index (κ2) is 65.1. The van der Waals surface area contributed by atoms with E-state index < -0.39 is 20.0 Å². The predicted molar refractivity (Wildman–Crippen MR) is 373 cm³/mol. The molecule has 3 atom stereocenters. The van der Waals surface area contributed by atoms with Crippen LogP contribution in [0.15, 0.2) is 134 Å². The van der Waals surface area contributed by atoms with Crippen molar-refractivity contribution >= 4 is 13.7 Å². The number of aliphatic hydroxyl groups excluding tert-OH is 1. The zero-order chi connectivity index (χ0) is 61.9. The van der Waals surface area contributed by atoms with Gasteiger partial charge in [-0.25, -0.2) is 4.57 Å². The minimum atomic E-state index is -4.38. The molecule has 0 bridgehead atoms. The van der Waals surface area contributed by atoms with Crippen molar-refractivity contribution in [3.05, 3.63) is 134 Å². The second-order valence-corrected chi connectivity index (χ2v) is 26.0. The van der Waals surface area contributed by atoms with Crippen molar-refractivity contribution in [3.63, 3.8) is 0 Å². The monoisotopic (exact) mass is 1200 g/mol. The van der Waals surface area contributed by atoms with E-state index in [9.17, 15) is 19.4 Å². The lowest BCUT2D eigenvalue weighted by Gasteiger charge is -2.25. The van der Waals surface area contributed by atoms with Crippen LogP contribution in [-0.2, 0) is 18.4 Å². The van der Waals surface area contributed by atoms with Gasteiger partial charge >= 0.3 is 7.82 Å². The first-order chi connectivity index (χ1) is 41.5. The first-order valence-electron chi connectivity index (χ1n) is 35.1. The average Bonchev–Trinajstić information content (AvgIpc) is 3.49. The fourth-order valence-corrected chi connectivity index (χ4v) is 10.4. The summed E-state index contributed by atoms with van der Waals surface area (Å²) in [5, 5.41) is 14.0. The van der Waals surface area contributed by atoms with Crippen LogP contribution in [-0.4, -0.2) is 73.4 Å². The first kappa shape index (κ1) is 81.6. The van der Waals surface area contributed by atoms with E-state index in [4.69, 9.17) is 9.05 Å². The zero-order valence-corrected chi connectivity index (χ0v) is 56.7. The maximum absolute atomic E-state index is 13.0. The maximum atomic E-state index is 13.0. The highest BCUT2D eigenvalue weighted by Gasteiger charge is 2.28. The number of nitrogens with one attached hydrogen (secondary N) is 1. The van der Waals surface area contributed by atoms with Crippen molar-refractivity contribution in [1.82, 2.24) is 5.32 Å². The molecule has 0 aliphatic rings. The predicted octanol–water partition coefficient (Wildman–Crippen LogP) is 22.6. The molecule has 0 radical (unpaired) electrons. The van der Waals surface area contributed by atoms with Crippen LogP contribution < -0.4 is 5.32 Å². The molecule has 9 heteroatoms. The molecule has 0 spiro atoms. The fraction of sp³-hybridized carbons (Fsp3) is 0.697. The molecule has 0 saturated heterocycles. The van der Waals surface area contributed by atoms with Crippen LogP contribution in [0, 0.1) is 0 Å². The van der Waals surface area contributed by atoms with E-state index in [-0.39, 0.29) is 19.1 Å². The minimum absolute atomic E-state index is 0.0450. The van der Waals surface area contributed by atoms with Gasteiger partial charge in [0, 0.05) is 6.42 Å². The summed E-state index contributed by atoms with van der Waals surface area (Å²) >= 11 is 0. The molecule has 0 aromatic heterocycles. The number of rotatable bonds is 63. The summed E-state index contributed by atoms with van der Waals surface area (Å²) in [5.74, 6) is -0.203. The summed E-state index contributed by atoms with van der Waals surface area (Å²) in [7, 11) is 1.53. The van der Waals surface area contributed by atoms with Gasteiger partial charge in [0.2, 0.25) is 5.91 Å². The number of hydrogen-bond donors (Lipinski definition) is 3. The van der Waals surface area contributed by atoms with Gasteiger partial charge in [-0.1, -0.05) is 308 Å². The van der Waals surface area contributed by atoms with Gasteiger partial charge in [-0.3, -0.25) is 13.8 Å². The third-order valence-corrected chi connectivity index (χ3v) is 16.1. The van der Waals surface area contributed by atoms with Gasteiger partial charge < -0.3 is 19.8 Å². The Morgan fingerprint density at radius 1 is 0.412 bits per heavy atom. The van der Waals surface area contributed by atoms with E-state index in [0.717, 1.165) is 109 Å². The minimum Gasteiger partial charge on any atom is -0.387 e. The SMILES string of the molecule is CC/C=C\C/C=C\C/C=C\C/C=C\C/C=C\C/C=C\C/C=C\C/C=C\CCCCCCCCCCC(=O)NC(COP(=O)(O)OCC[N+](C)(C)C)C(O)/C=C/CC/C=C/CC/C=C/CCCCCCCCCCCCCCCCCCCCCC. The Hall–Kier alpha value is -3.36. The lowest BCUT2D eigenvalue weighted by molar-refractivity contribution is -0.870. The summed E-state index contributed by atoms with van der Waals surface area (Å²) in [6, 6.07) is -0.887. The van der Waals surface area contributed by atoms with Crippen molar-refractivity contribution in [2.24, 2.45) is 0 Å². The van der Waals surface area contributed by atoms with Gasteiger partial charge in [0.25, 0.3) is 0 Å². The van der Waals surface area contributed by atoms with E-state index in [2.05, 4.69) is 141 Å². The van der Waals surface area contributed by atoms with Crippen LogP contribution >= 0.6 is 7.82 Å². The summed E-state index contributed by atoms with van der Waals surface area (Å²) in [6.45, 7) is 4.68. The molecule has 0 saturated carbocycles. The Morgan fingerprint density at radius 2 is 0.718 bits per heavy atom. The second-order valence-electron chi connectivity index (χ2n) is 24.5. The van der Waals surface area contributed by atoms with Crippen LogP contribution in [0.25, 0.3) is 0 Å². The fourth-order valence-electron chi connectivity index (χ4n) is 9.68. The Bertz CT molecular complexity index is 1850. The normalized spacial score (nSPS) is 14.5. The van der Waals surface area contributed by atoms with Crippen LogP contribution in [0.2, 0.25) is 0 Å². The molecule has 488 valence electrons. The molecule has 0 aromatic rings. The molecular formula is C76H134N2O6P+. The van der Waals surface area contributed by atoms with Gasteiger partial charge in [0.1, 0.15) is 13.2 Å². The van der Waals surface area contributed by atoms with Gasteiger partial charge in [-0.2, -0.15) is 0 Å². The van der Waals surface area contributed by atoms with Gasteiger partial charge in [0.15, 0.2) is 0 Å². The Morgan fingerprint density at radius 3 is 1.08 bits per heavy atom. The largest absolute Gasteiger partial charge is 0.472 e. The Labute approximate surface area is 526 Å².